The average Bonchev–Trinajstić information content (AvgIpc) is 2.50. The molecule has 3 aromatic carbocycles. The van der Waals surface area contributed by atoms with Gasteiger partial charge in [0.2, 0.25) is 0 Å². The zero-order chi connectivity index (χ0) is 15.0. The molecule has 0 N–H and O–H groups in total. The molecule has 0 aliphatic carbocycles. The summed E-state index contributed by atoms with van der Waals surface area (Å²) < 4.78 is 27.4. The molecule has 3 rings (SSSR count). The average molecular weight is 347 g/mol. The van der Waals surface area contributed by atoms with E-state index in [0.717, 1.165) is 28.0 Å². The van der Waals surface area contributed by atoms with Crippen LogP contribution in [0, 0.1) is 18.6 Å². The largest absolute Gasteiger partial charge is 0.204 e. The van der Waals surface area contributed by atoms with Gasteiger partial charge >= 0.3 is 0 Å². The minimum absolute atomic E-state index is 0.309. The van der Waals surface area contributed by atoms with E-state index in [0.29, 0.717) is 5.56 Å². The van der Waals surface area contributed by atoms with Crippen molar-refractivity contribution in [2.24, 2.45) is 0 Å². The van der Waals surface area contributed by atoms with E-state index in [1.165, 1.54) is 6.07 Å². The minimum atomic E-state index is -0.826. The zero-order valence-electron chi connectivity index (χ0n) is 11.4. The molecule has 0 aromatic heterocycles. The van der Waals surface area contributed by atoms with Gasteiger partial charge in [0.15, 0.2) is 11.6 Å². The van der Waals surface area contributed by atoms with Gasteiger partial charge in [-0.15, -0.1) is 0 Å². The SMILES string of the molecule is Cc1ccc(C(Br)c2cccc(F)c2F)c2ccccc12. The maximum Gasteiger partial charge on any atom is 0.163 e. The van der Waals surface area contributed by atoms with Crippen LogP contribution in [0.15, 0.2) is 54.6 Å². The number of hydrogen-bond donors (Lipinski definition) is 0. The van der Waals surface area contributed by atoms with E-state index in [1.54, 1.807) is 6.07 Å². The van der Waals surface area contributed by atoms with Crippen LogP contribution in [0.25, 0.3) is 10.8 Å². The van der Waals surface area contributed by atoms with Crippen LogP contribution in [0.3, 0.4) is 0 Å². The molecule has 0 radical (unpaired) electrons. The summed E-state index contributed by atoms with van der Waals surface area (Å²) in [6.45, 7) is 2.04. The molecule has 106 valence electrons. The molecule has 0 heterocycles. The lowest BCUT2D eigenvalue weighted by molar-refractivity contribution is 0.500. The predicted octanol–water partition coefficient (Wildman–Crippen LogP) is 5.91. The fourth-order valence-corrected chi connectivity index (χ4v) is 3.33. The number of aryl methyl sites for hydroxylation is 1. The van der Waals surface area contributed by atoms with Crippen LogP contribution in [0.5, 0.6) is 0 Å². The molecule has 0 aliphatic rings. The van der Waals surface area contributed by atoms with Gasteiger partial charge in [0, 0.05) is 5.56 Å². The van der Waals surface area contributed by atoms with Gasteiger partial charge in [-0.3, -0.25) is 0 Å². The topological polar surface area (TPSA) is 0 Å². The van der Waals surface area contributed by atoms with Crippen molar-refractivity contribution in [2.45, 2.75) is 11.8 Å². The number of halogens is 3. The maximum absolute atomic E-state index is 14.0. The Labute approximate surface area is 130 Å². The minimum Gasteiger partial charge on any atom is -0.204 e. The Kier molecular flexibility index (Phi) is 3.77. The first-order valence-electron chi connectivity index (χ1n) is 6.66. The normalized spacial score (nSPS) is 12.6. The van der Waals surface area contributed by atoms with E-state index in [4.69, 9.17) is 0 Å². The molecular formula is C18H13BrF2. The van der Waals surface area contributed by atoms with Crippen LogP contribution in [-0.2, 0) is 0 Å². The summed E-state index contributed by atoms with van der Waals surface area (Å²) in [5.41, 5.74) is 2.40. The molecule has 3 heteroatoms. The molecule has 0 amide bonds. The fourth-order valence-electron chi connectivity index (χ4n) is 2.58. The van der Waals surface area contributed by atoms with Crippen LogP contribution >= 0.6 is 15.9 Å². The summed E-state index contributed by atoms with van der Waals surface area (Å²) in [7, 11) is 0. The predicted molar refractivity (Wildman–Crippen MR) is 85.8 cm³/mol. The number of alkyl halides is 1. The molecule has 21 heavy (non-hydrogen) atoms. The highest BCUT2D eigenvalue weighted by atomic mass is 79.9. The molecule has 0 fully saturated rings. The maximum atomic E-state index is 14.0. The lowest BCUT2D eigenvalue weighted by atomic mass is 9.95. The Hall–Kier alpha value is -1.74. The van der Waals surface area contributed by atoms with Crippen molar-refractivity contribution in [3.63, 3.8) is 0 Å². The van der Waals surface area contributed by atoms with Crippen LogP contribution in [-0.4, -0.2) is 0 Å². The van der Waals surface area contributed by atoms with Gasteiger partial charge in [-0.2, -0.15) is 0 Å². The third-order valence-corrected chi connectivity index (χ3v) is 4.69. The summed E-state index contributed by atoms with van der Waals surface area (Å²) in [6, 6.07) is 16.2. The third-order valence-electron chi connectivity index (χ3n) is 3.70. The van der Waals surface area contributed by atoms with Gasteiger partial charge < -0.3 is 0 Å². The third kappa shape index (κ3) is 2.46. The summed E-state index contributed by atoms with van der Waals surface area (Å²) in [4.78, 5) is -0.390. The molecule has 0 aliphatic heterocycles. The second kappa shape index (κ2) is 5.57. The van der Waals surface area contributed by atoms with Gasteiger partial charge in [0.1, 0.15) is 0 Å². The Morgan fingerprint density at radius 3 is 2.29 bits per heavy atom. The van der Waals surface area contributed by atoms with Crippen molar-refractivity contribution in [3.8, 4) is 0 Å². The van der Waals surface area contributed by atoms with Crippen molar-refractivity contribution < 1.29 is 8.78 Å². The van der Waals surface area contributed by atoms with Crippen LogP contribution in [0.1, 0.15) is 21.5 Å². The Balaban J connectivity index is 2.21. The summed E-state index contributed by atoms with van der Waals surface area (Å²) in [5.74, 6) is -1.63. The zero-order valence-corrected chi connectivity index (χ0v) is 13.0. The van der Waals surface area contributed by atoms with Crippen molar-refractivity contribution in [1.29, 1.82) is 0 Å². The van der Waals surface area contributed by atoms with E-state index in [9.17, 15) is 8.78 Å². The Bertz CT molecular complexity index is 811. The van der Waals surface area contributed by atoms with Gasteiger partial charge in [-0.05, 0) is 34.9 Å². The highest BCUT2D eigenvalue weighted by Gasteiger charge is 2.19. The van der Waals surface area contributed by atoms with Gasteiger partial charge in [0.05, 0.1) is 4.83 Å². The number of rotatable bonds is 2. The second-order valence-electron chi connectivity index (χ2n) is 5.02. The van der Waals surface area contributed by atoms with E-state index < -0.39 is 16.5 Å². The van der Waals surface area contributed by atoms with Crippen molar-refractivity contribution >= 4 is 26.7 Å². The summed E-state index contributed by atoms with van der Waals surface area (Å²) in [6.07, 6.45) is 0. The molecule has 0 saturated heterocycles. The first kappa shape index (κ1) is 14.2. The number of hydrogen-bond acceptors (Lipinski definition) is 0. The summed E-state index contributed by atoms with van der Waals surface area (Å²) in [5, 5.41) is 2.17. The van der Waals surface area contributed by atoms with Crippen LogP contribution in [0.4, 0.5) is 8.78 Å². The van der Waals surface area contributed by atoms with E-state index >= 15 is 0 Å². The van der Waals surface area contributed by atoms with Crippen molar-refractivity contribution in [1.82, 2.24) is 0 Å². The fraction of sp³-hybridized carbons (Fsp3) is 0.111. The number of benzene rings is 3. The number of fused-ring (bicyclic) bond motifs is 1. The molecule has 3 aromatic rings. The van der Waals surface area contributed by atoms with Gasteiger partial charge in [-0.1, -0.05) is 64.5 Å². The first-order chi connectivity index (χ1) is 10.1. The first-order valence-corrected chi connectivity index (χ1v) is 7.57. The van der Waals surface area contributed by atoms with Crippen LogP contribution in [0.2, 0.25) is 0 Å². The molecule has 0 spiro atoms. The van der Waals surface area contributed by atoms with E-state index in [1.807, 2.05) is 43.3 Å². The van der Waals surface area contributed by atoms with E-state index in [-0.39, 0.29) is 0 Å². The lowest BCUT2D eigenvalue weighted by Crippen LogP contribution is -2.00. The monoisotopic (exact) mass is 346 g/mol. The molecule has 0 saturated carbocycles. The molecule has 0 bridgehead atoms. The highest BCUT2D eigenvalue weighted by molar-refractivity contribution is 9.09. The highest BCUT2D eigenvalue weighted by Crippen LogP contribution is 2.37. The quantitative estimate of drug-likeness (QED) is 0.506. The molecule has 0 nitrogen and oxygen atoms in total. The molecular weight excluding hydrogens is 334 g/mol. The Morgan fingerprint density at radius 2 is 1.52 bits per heavy atom. The van der Waals surface area contributed by atoms with Gasteiger partial charge in [-0.25, -0.2) is 8.78 Å². The van der Waals surface area contributed by atoms with Crippen molar-refractivity contribution in [2.75, 3.05) is 0 Å². The van der Waals surface area contributed by atoms with Crippen LogP contribution < -0.4 is 0 Å². The lowest BCUT2D eigenvalue weighted by Gasteiger charge is -2.16. The van der Waals surface area contributed by atoms with Gasteiger partial charge in [0.25, 0.3) is 0 Å². The molecule has 1 unspecified atom stereocenters. The van der Waals surface area contributed by atoms with E-state index in [2.05, 4.69) is 15.9 Å². The second-order valence-corrected chi connectivity index (χ2v) is 5.94. The standard InChI is InChI=1S/C18H13BrF2/c1-11-9-10-14(13-6-3-2-5-12(11)13)17(19)15-7-4-8-16(20)18(15)21/h2-10,17H,1H3. The summed E-state index contributed by atoms with van der Waals surface area (Å²) >= 11 is 3.52. The molecule has 1 atom stereocenters. The smallest absolute Gasteiger partial charge is 0.163 e. The van der Waals surface area contributed by atoms with Crippen molar-refractivity contribution in [3.05, 3.63) is 82.9 Å². The Morgan fingerprint density at radius 1 is 0.810 bits per heavy atom.